The number of ketones is 1. The first-order valence-electron chi connectivity index (χ1n) is 5.18. The number of hydrogen-bond donors (Lipinski definition) is 0. The van der Waals surface area contributed by atoms with Crippen LogP contribution < -0.4 is 4.74 Å². The maximum absolute atomic E-state index is 12.2. The van der Waals surface area contributed by atoms with Gasteiger partial charge in [0.15, 0.2) is 5.78 Å². The third-order valence-corrected chi connectivity index (χ3v) is 2.45. The molecule has 0 bridgehead atoms. The molecule has 4 heteroatoms. The first-order chi connectivity index (χ1) is 8.22. The van der Waals surface area contributed by atoms with E-state index in [2.05, 4.69) is 10.2 Å². The number of carbonyl (C=O) groups is 1. The standard InChI is InChI=1S/C13H12N2O2/c1-9-3-4-12(17-2)11(7-9)13(16)10-5-6-14-15-8-10/h3-8H,1-2H3. The van der Waals surface area contributed by atoms with E-state index in [9.17, 15) is 4.79 Å². The normalized spacial score (nSPS) is 10.0. The molecule has 0 atom stereocenters. The molecule has 0 saturated heterocycles. The van der Waals surface area contributed by atoms with Crippen molar-refractivity contribution < 1.29 is 9.53 Å². The molecule has 0 aliphatic carbocycles. The Bertz CT molecular complexity index is 538. The second-order valence-corrected chi connectivity index (χ2v) is 3.66. The fourth-order valence-corrected chi connectivity index (χ4v) is 1.58. The van der Waals surface area contributed by atoms with Gasteiger partial charge in [-0.05, 0) is 25.1 Å². The number of ether oxygens (including phenoxy) is 1. The van der Waals surface area contributed by atoms with Gasteiger partial charge in [0, 0.05) is 5.56 Å². The van der Waals surface area contributed by atoms with Crippen molar-refractivity contribution in [1.82, 2.24) is 10.2 Å². The second kappa shape index (κ2) is 4.74. The third-order valence-electron chi connectivity index (χ3n) is 2.45. The van der Waals surface area contributed by atoms with E-state index < -0.39 is 0 Å². The van der Waals surface area contributed by atoms with Crippen LogP contribution >= 0.6 is 0 Å². The predicted molar refractivity (Wildman–Crippen MR) is 63.2 cm³/mol. The zero-order valence-electron chi connectivity index (χ0n) is 9.68. The number of benzene rings is 1. The van der Waals surface area contributed by atoms with Gasteiger partial charge in [0.1, 0.15) is 5.75 Å². The molecule has 0 radical (unpaired) electrons. The Morgan fingerprint density at radius 1 is 1.24 bits per heavy atom. The number of nitrogens with zero attached hydrogens (tertiary/aromatic N) is 2. The maximum atomic E-state index is 12.2. The van der Waals surface area contributed by atoms with Gasteiger partial charge in [0.2, 0.25) is 0 Å². The number of methoxy groups -OCH3 is 1. The molecule has 2 aromatic rings. The molecule has 0 fully saturated rings. The topological polar surface area (TPSA) is 52.1 Å². The number of hydrogen-bond acceptors (Lipinski definition) is 4. The van der Waals surface area contributed by atoms with Crippen LogP contribution in [-0.2, 0) is 0 Å². The molecular weight excluding hydrogens is 216 g/mol. The number of rotatable bonds is 3. The number of aryl methyl sites for hydroxylation is 1. The fourth-order valence-electron chi connectivity index (χ4n) is 1.58. The van der Waals surface area contributed by atoms with Gasteiger partial charge in [-0.25, -0.2) is 0 Å². The second-order valence-electron chi connectivity index (χ2n) is 3.66. The van der Waals surface area contributed by atoms with Crippen molar-refractivity contribution in [1.29, 1.82) is 0 Å². The van der Waals surface area contributed by atoms with Gasteiger partial charge >= 0.3 is 0 Å². The lowest BCUT2D eigenvalue weighted by Gasteiger charge is -2.08. The maximum Gasteiger partial charge on any atom is 0.198 e. The first kappa shape index (κ1) is 11.3. The molecule has 0 aliphatic rings. The molecule has 2 rings (SSSR count). The largest absolute Gasteiger partial charge is 0.496 e. The van der Waals surface area contributed by atoms with E-state index in [1.165, 1.54) is 12.4 Å². The average molecular weight is 228 g/mol. The van der Waals surface area contributed by atoms with Crippen molar-refractivity contribution in [3.63, 3.8) is 0 Å². The van der Waals surface area contributed by atoms with Crippen molar-refractivity contribution in [2.24, 2.45) is 0 Å². The SMILES string of the molecule is COc1ccc(C)cc1C(=O)c1ccnnc1. The van der Waals surface area contributed by atoms with Crippen LogP contribution in [0.15, 0.2) is 36.7 Å². The van der Waals surface area contributed by atoms with Crippen molar-refractivity contribution in [3.05, 3.63) is 53.3 Å². The molecule has 0 N–H and O–H groups in total. The highest BCUT2D eigenvalue weighted by atomic mass is 16.5. The summed E-state index contributed by atoms with van der Waals surface area (Å²) in [7, 11) is 1.55. The van der Waals surface area contributed by atoms with E-state index in [4.69, 9.17) is 4.74 Å². The van der Waals surface area contributed by atoms with Crippen LogP contribution in [0.1, 0.15) is 21.5 Å². The summed E-state index contributed by atoms with van der Waals surface area (Å²) < 4.78 is 5.19. The highest BCUT2D eigenvalue weighted by Crippen LogP contribution is 2.22. The fraction of sp³-hybridized carbons (Fsp3) is 0.154. The van der Waals surface area contributed by atoms with Gasteiger partial charge in [0.25, 0.3) is 0 Å². The Morgan fingerprint density at radius 3 is 2.71 bits per heavy atom. The average Bonchev–Trinajstić information content (AvgIpc) is 2.39. The van der Waals surface area contributed by atoms with Gasteiger partial charge in [-0.15, -0.1) is 0 Å². The van der Waals surface area contributed by atoms with E-state index in [0.29, 0.717) is 16.9 Å². The van der Waals surface area contributed by atoms with Crippen LogP contribution in [0.25, 0.3) is 0 Å². The van der Waals surface area contributed by atoms with Gasteiger partial charge in [-0.1, -0.05) is 11.6 Å². The van der Waals surface area contributed by atoms with Crippen LogP contribution in [0.3, 0.4) is 0 Å². The highest BCUT2D eigenvalue weighted by molar-refractivity contribution is 6.10. The van der Waals surface area contributed by atoms with E-state index >= 15 is 0 Å². The van der Waals surface area contributed by atoms with Crippen LogP contribution in [0, 0.1) is 6.92 Å². The van der Waals surface area contributed by atoms with E-state index in [0.717, 1.165) is 5.56 Å². The molecule has 17 heavy (non-hydrogen) atoms. The summed E-state index contributed by atoms with van der Waals surface area (Å²) in [6.07, 6.45) is 2.94. The van der Waals surface area contributed by atoms with Crippen LogP contribution in [0.4, 0.5) is 0 Å². The van der Waals surface area contributed by atoms with Gasteiger partial charge in [-0.3, -0.25) is 4.79 Å². The molecule has 0 amide bonds. The summed E-state index contributed by atoms with van der Waals surface area (Å²) in [6, 6.07) is 7.14. The molecule has 0 unspecified atom stereocenters. The molecule has 0 saturated carbocycles. The summed E-state index contributed by atoms with van der Waals surface area (Å²) in [5.74, 6) is 0.456. The lowest BCUT2D eigenvalue weighted by Crippen LogP contribution is -2.05. The van der Waals surface area contributed by atoms with Crippen LogP contribution in [0.5, 0.6) is 5.75 Å². The lowest BCUT2D eigenvalue weighted by molar-refractivity contribution is 0.103. The Hall–Kier alpha value is -2.23. The lowest BCUT2D eigenvalue weighted by atomic mass is 10.0. The van der Waals surface area contributed by atoms with Gasteiger partial charge in [-0.2, -0.15) is 10.2 Å². The van der Waals surface area contributed by atoms with Crippen molar-refractivity contribution in [2.45, 2.75) is 6.92 Å². The molecule has 0 spiro atoms. The number of carbonyl (C=O) groups excluding carboxylic acids is 1. The van der Waals surface area contributed by atoms with Crippen LogP contribution in [-0.4, -0.2) is 23.1 Å². The summed E-state index contributed by atoms with van der Waals surface area (Å²) in [5, 5.41) is 7.35. The minimum atomic E-state index is -0.111. The van der Waals surface area contributed by atoms with Gasteiger partial charge in [0.05, 0.1) is 25.1 Å². The molecule has 86 valence electrons. The van der Waals surface area contributed by atoms with Crippen LogP contribution in [0.2, 0.25) is 0 Å². The molecule has 1 heterocycles. The Balaban J connectivity index is 2.47. The summed E-state index contributed by atoms with van der Waals surface area (Å²) in [4.78, 5) is 12.2. The Morgan fingerprint density at radius 2 is 2.06 bits per heavy atom. The minimum Gasteiger partial charge on any atom is -0.496 e. The first-order valence-corrected chi connectivity index (χ1v) is 5.18. The van der Waals surface area contributed by atoms with Crippen molar-refractivity contribution in [3.8, 4) is 5.75 Å². The summed E-state index contributed by atoms with van der Waals surface area (Å²) in [5.41, 5.74) is 2.06. The molecule has 1 aromatic carbocycles. The smallest absolute Gasteiger partial charge is 0.198 e. The van der Waals surface area contributed by atoms with E-state index in [-0.39, 0.29) is 5.78 Å². The predicted octanol–water partition coefficient (Wildman–Crippen LogP) is 2.02. The van der Waals surface area contributed by atoms with E-state index in [1.807, 2.05) is 19.1 Å². The summed E-state index contributed by atoms with van der Waals surface area (Å²) >= 11 is 0. The molecular formula is C13H12N2O2. The van der Waals surface area contributed by atoms with Crippen molar-refractivity contribution in [2.75, 3.05) is 7.11 Å². The minimum absolute atomic E-state index is 0.111. The van der Waals surface area contributed by atoms with E-state index in [1.54, 1.807) is 19.2 Å². The zero-order chi connectivity index (χ0) is 12.3. The van der Waals surface area contributed by atoms with Crippen molar-refractivity contribution >= 4 is 5.78 Å². The van der Waals surface area contributed by atoms with Gasteiger partial charge < -0.3 is 4.74 Å². The number of aromatic nitrogens is 2. The quantitative estimate of drug-likeness (QED) is 0.754. The molecule has 4 nitrogen and oxygen atoms in total. The third kappa shape index (κ3) is 2.30. The molecule has 0 aliphatic heterocycles. The highest BCUT2D eigenvalue weighted by Gasteiger charge is 2.14. The monoisotopic (exact) mass is 228 g/mol. The zero-order valence-corrected chi connectivity index (χ0v) is 9.68. The molecule has 1 aromatic heterocycles. The Labute approximate surface area is 99.3 Å². The summed E-state index contributed by atoms with van der Waals surface area (Å²) in [6.45, 7) is 1.93. The Kier molecular flexibility index (Phi) is 3.14.